The van der Waals surface area contributed by atoms with Gasteiger partial charge in [-0.05, 0) is 36.8 Å². The molecule has 0 aliphatic carbocycles. The maximum absolute atomic E-state index is 12.5. The number of aromatic nitrogens is 2. The van der Waals surface area contributed by atoms with Gasteiger partial charge >= 0.3 is 0 Å². The Morgan fingerprint density at radius 3 is 2.64 bits per heavy atom. The molecule has 1 aromatic heterocycles. The van der Waals surface area contributed by atoms with Crippen LogP contribution in [0.5, 0.6) is 0 Å². The summed E-state index contributed by atoms with van der Waals surface area (Å²) in [5.41, 5.74) is 2.11. The third-order valence-electron chi connectivity index (χ3n) is 5.06. The fourth-order valence-electron chi connectivity index (χ4n) is 3.53. The van der Waals surface area contributed by atoms with E-state index in [1.165, 1.54) is 0 Å². The summed E-state index contributed by atoms with van der Waals surface area (Å²) in [6.45, 7) is 1.47. The Morgan fingerprint density at radius 2 is 1.93 bits per heavy atom. The highest BCUT2D eigenvalue weighted by Crippen LogP contribution is 2.23. The third kappa shape index (κ3) is 3.60. The average molecular weight is 398 g/mol. The van der Waals surface area contributed by atoms with Gasteiger partial charge in [-0.3, -0.25) is 9.52 Å². The summed E-state index contributed by atoms with van der Waals surface area (Å²) in [6.07, 6.45) is 2.22. The molecule has 1 aliphatic heterocycles. The quantitative estimate of drug-likeness (QED) is 0.692. The van der Waals surface area contributed by atoms with E-state index in [0.717, 1.165) is 29.8 Å². The van der Waals surface area contributed by atoms with E-state index in [1.54, 1.807) is 42.5 Å². The number of nitrogens with zero attached hydrogens (tertiary/aromatic N) is 3. The number of nitrogens with one attached hydrogen (secondary N) is 1. The van der Waals surface area contributed by atoms with E-state index in [0.29, 0.717) is 25.1 Å². The maximum Gasteiger partial charge on any atom is 0.261 e. The molecule has 8 heteroatoms. The number of imidazole rings is 1. The summed E-state index contributed by atoms with van der Waals surface area (Å²) in [7, 11) is -1.71. The average Bonchev–Trinajstić information content (AvgIpc) is 3.23. The van der Waals surface area contributed by atoms with Crippen molar-refractivity contribution < 1.29 is 13.2 Å². The Labute approximate surface area is 164 Å². The lowest BCUT2D eigenvalue weighted by atomic mass is 10.3. The lowest BCUT2D eigenvalue weighted by Gasteiger charge is -2.14. The van der Waals surface area contributed by atoms with Gasteiger partial charge in [0.05, 0.1) is 21.6 Å². The Morgan fingerprint density at radius 1 is 1.14 bits per heavy atom. The van der Waals surface area contributed by atoms with Crippen LogP contribution in [0.4, 0.5) is 5.69 Å². The summed E-state index contributed by atoms with van der Waals surface area (Å²) in [4.78, 5) is 18.5. The van der Waals surface area contributed by atoms with E-state index in [4.69, 9.17) is 0 Å². The van der Waals surface area contributed by atoms with Gasteiger partial charge in [-0.2, -0.15) is 0 Å². The molecule has 0 atom stereocenters. The molecule has 2 heterocycles. The number of fused-ring (bicyclic) bond motifs is 1. The van der Waals surface area contributed by atoms with Gasteiger partial charge in [0.2, 0.25) is 5.91 Å². The molecule has 1 amide bonds. The Kier molecular flexibility index (Phi) is 4.80. The molecule has 1 saturated heterocycles. The Bertz CT molecular complexity index is 1120. The highest BCUT2D eigenvalue weighted by molar-refractivity contribution is 7.92. The number of rotatable bonds is 6. The number of carbonyl (C=O) groups excluding carboxylic acids is 1. The van der Waals surface area contributed by atoms with Crippen molar-refractivity contribution in [3.63, 3.8) is 0 Å². The van der Waals surface area contributed by atoms with Crippen molar-refractivity contribution in [2.45, 2.75) is 24.2 Å². The molecule has 2 aromatic carbocycles. The summed E-state index contributed by atoms with van der Waals surface area (Å²) in [5, 5.41) is 0. The number of benzene rings is 2. The van der Waals surface area contributed by atoms with Crippen LogP contribution in [0.2, 0.25) is 0 Å². The molecule has 4 rings (SSSR count). The molecule has 0 unspecified atom stereocenters. The first-order valence-electron chi connectivity index (χ1n) is 9.25. The van der Waals surface area contributed by atoms with Crippen LogP contribution in [0.1, 0.15) is 18.7 Å². The normalized spacial score (nSPS) is 14.8. The fraction of sp³-hybridized carbons (Fsp3) is 0.300. The van der Waals surface area contributed by atoms with Crippen molar-refractivity contribution in [3.05, 3.63) is 54.4 Å². The first-order chi connectivity index (χ1) is 13.4. The van der Waals surface area contributed by atoms with Gasteiger partial charge in [0.15, 0.2) is 0 Å². The first kappa shape index (κ1) is 18.5. The third-order valence-corrected chi connectivity index (χ3v) is 6.45. The topological polar surface area (TPSA) is 84.3 Å². The number of sulfonamides is 1. The molecule has 3 aromatic rings. The SMILES string of the molecule is Cn1c(CCN2CCCC2=O)nc2cc(NS(=O)(=O)c3ccccc3)ccc21. The van der Waals surface area contributed by atoms with Gasteiger partial charge in [0.1, 0.15) is 5.82 Å². The van der Waals surface area contributed by atoms with Crippen molar-refractivity contribution in [2.75, 3.05) is 17.8 Å². The van der Waals surface area contributed by atoms with Crippen LogP contribution in [0.25, 0.3) is 11.0 Å². The molecule has 0 radical (unpaired) electrons. The number of likely N-dealkylation sites (tertiary alicyclic amines) is 1. The molecule has 0 saturated carbocycles. The van der Waals surface area contributed by atoms with Gasteiger partial charge < -0.3 is 9.47 Å². The van der Waals surface area contributed by atoms with Crippen LogP contribution < -0.4 is 4.72 Å². The van der Waals surface area contributed by atoms with E-state index < -0.39 is 10.0 Å². The van der Waals surface area contributed by atoms with Crippen molar-refractivity contribution >= 4 is 32.7 Å². The van der Waals surface area contributed by atoms with E-state index in [-0.39, 0.29) is 10.8 Å². The smallest absolute Gasteiger partial charge is 0.261 e. The van der Waals surface area contributed by atoms with E-state index in [1.807, 2.05) is 22.6 Å². The summed E-state index contributed by atoms with van der Waals surface area (Å²) >= 11 is 0. The molecule has 28 heavy (non-hydrogen) atoms. The predicted octanol–water partition coefficient (Wildman–Crippen LogP) is 2.54. The Hall–Kier alpha value is -2.87. The van der Waals surface area contributed by atoms with Gasteiger partial charge in [0.25, 0.3) is 10.0 Å². The van der Waals surface area contributed by atoms with Gasteiger partial charge in [0, 0.05) is 33.0 Å². The largest absolute Gasteiger partial charge is 0.342 e. The molecule has 1 aliphatic rings. The van der Waals surface area contributed by atoms with E-state index in [9.17, 15) is 13.2 Å². The van der Waals surface area contributed by atoms with Gasteiger partial charge in [-0.1, -0.05) is 18.2 Å². The monoisotopic (exact) mass is 398 g/mol. The summed E-state index contributed by atoms with van der Waals surface area (Å²) < 4.78 is 29.6. The predicted molar refractivity (Wildman–Crippen MR) is 107 cm³/mol. The van der Waals surface area contributed by atoms with Crippen molar-refractivity contribution in [1.29, 1.82) is 0 Å². The zero-order chi connectivity index (χ0) is 19.7. The number of aryl methyl sites for hydroxylation is 1. The minimum atomic E-state index is -3.64. The molecule has 0 spiro atoms. The van der Waals surface area contributed by atoms with Crippen molar-refractivity contribution in [3.8, 4) is 0 Å². The van der Waals surface area contributed by atoms with Crippen LogP contribution in [-0.4, -0.2) is 41.9 Å². The molecule has 0 bridgehead atoms. The second-order valence-electron chi connectivity index (χ2n) is 6.94. The molecule has 1 N–H and O–H groups in total. The molecule has 7 nitrogen and oxygen atoms in total. The number of hydrogen-bond acceptors (Lipinski definition) is 4. The second kappa shape index (κ2) is 7.27. The highest BCUT2D eigenvalue weighted by Gasteiger charge is 2.20. The zero-order valence-electron chi connectivity index (χ0n) is 15.6. The van der Waals surface area contributed by atoms with Crippen LogP contribution in [0.15, 0.2) is 53.4 Å². The first-order valence-corrected chi connectivity index (χ1v) is 10.7. The van der Waals surface area contributed by atoms with Crippen LogP contribution >= 0.6 is 0 Å². The van der Waals surface area contributed by atoms with E-state index in [2.05, 4.69) is 9.71 Å². The molecular weight excluding hydrogens is 376 g/mol. The summed E-state index contributed by atoms with van der Waals surface area (Å²) in [5.74, 6) is 1.08. The highest BCUT2D eigenvalue weighted by atomic mass is 32.2. The molecular formula is C20H22N4O3S. The number of amides is 1. The number of anilines is 1. The van der Waals surface area contributed by atoms with E-state index >= 15 is 0 Å². The summed E-state index contributed by atoms with van der Waals surface area (Å²) in [6, 6.07) is 13.6. The Balaban J connectivity index is 1.55. The molecule has 146 valence electrons. The standard InChI is InChI=1S/C20H22N4O3S/c1-23-18-10-9-15(22-28(26,27)16-6-3-2-4-7-16)14-17(18)21-19(23)11-13-24-12-5-8-20(24)25/h2-4,6-7,9-10,14,22H,5,8,11-13H2,1H3. The lowest BCUT2D eigenvalue weighted by Crippen LogP contribution is -2.27. The van der Waals surface area contributed by atoms with Gasteiger partial charge in [-0.25, -0.2) is 13.4 Å². The minimum absolute atomic E-state index is 0.205. The van der Waals surface area contributed by atoms with Gasteiger partial charge in [-0.15, -0.1) is 0 Å². The van der Waals surface area contributed by atoms with Crippen LogP contribution in [0, 0.1) is 0 Å². The van der Waals surface area contributed by atoms with Crippen LogP contribution in [0.3, 0.4) is 0 Å². The van der Waals surface area contributed by atoms with Crippen molar-refractivity contribution in [2.24, 2.45) is 7.05 Å². The number of hydrogen-bond donors (Lipinski definition) is 1. The minimum Gasteiger partial charge on any atom is -0.342 e. The maximum atomic E-state index is 12.5. The number of carbonyl (C=O) groups is 1. The zero-order valence-corrected chi connectivity index (χ0v) is 16.4. The van der Waals surface area contributed by atoms with Crippen LogP contribution in [-0.2, 0) is 28.3 Å². The van der Waals surface area contributed by atoms with Crippen molar-refractivity contribution in [1.82, 2.24) is 14.5 Å². The fourth-order valence-corrected chi connectivity index (χ4v) is 4.60. The second-order valence-corrected chi connectivity index (χ2v) is 8.63. The lowest BCUT2D eigenvalue weighted by molar-refractivity contribution is -0.127. The molecule has 1 fully saturated rings.